The van der Waals surface area contributed by atoms with Crippen LogP contribution in [0.4, 0.5) is 4.39 Å². The van der Waals surface area contributed by atoms with E-state index in [-0.39, 0.29) is 36.0 Å². The maximum Gasteiger partial charge on any atom is 0.245 e. The molecule has 1 aliphatic heterocycles. The molecule has 1 fully saturated rings. The Morgan fingerprint density at radius 2 is 1.95 bits per heavy atom. The molecule has 0 saturated carbocycles. The standard InChI is InChI=1S/C27H30FN5O3.ClH/c1-27(2,29)26(35)31-22(13-17-15-30-21-6-4-3-5-19(17)21)25(34)33-11-9-16(10-12-33)24-20-8-7-18(28)14-23(20)36-32-24;/h3-8,14-16,22,30H,9-13,29H2,1-2H3,(H,31,35);1H. The number of nitrogens with zero attached hydrogens (tertiary/aromatic N) is 2. The smallest absolute Gasteiger partial charge is 0.245 e. The van der Waals surface area contributed by atoms with Gasteiger partial charge in [-0.2, -0.15) is 0 Å². The summed E-state index contributed by atoms with van der Waals surface area (Å²) in [7, 11) is 0. The number of benzene rings is 2. The van der Waals surface area contributed by atoms with Crippen LogP contribution in [0, 0.1) is 5.82 Å². The van der Waals surface area contributed by atoms with Gasteiger partial charge in [0.15, 0.2) is 5.58 Å². The van der Waals surface area contributed by atoms with Crippen LogP contribution in [-0.2, 0) is 16.0 Å². The number of amides is 2. The van der Waals surface area contributed by atoms with E-state index in [0.29, 0.717) is 37.9 Å². The Morgan fingerprint density at radius 3 is 2.68 bits per heavy atom. The molecule has 37 heavy (non-hydrogen) atoms. The van der Waals surface area contributed by atoms with Crippen molar-refractivity contribution in [3.8, 4) is 0 Å². The summed E-state index contributed by atoms with van der Waals surface area (Å²) in [4.78, 5) is 31.4. The Kier molecular flexibility index (Phi) is 7.57. The molecular weight excluding hydrogens is 497 g/mol. The summed E-state index contributed by atoms with van der Waals surface area (Å²) < 4.78 is 18.9. The van der Waals surface area contributed by atoms with Crippen LogP contribution in [0.5, 0.6) is 0 Å². The van der Waals surface area contributed by atoms with Gasteiger partial charge in [-0.05, 0) is 50.5 Å². The van der Waals surface area contributed by atoms with Gasteiger partial charge < -0.3 is 25.5 Å². The van der Waals surface area contributed by atoms with Crippen LogP contribution >= 0.6 is 12.4 Å². The number of likely N-dealkylation sites (tertiary alicyclic amines) is 1. The number of aromatic nitrogens is 2. The first-order valence-corrected chi connectivity index (χ1v) is 12.2. The van der Waals surface area contributed by atoms with Crippen molar-refractivity contribution >= 4 is 46.1 Å². The molecule has 196 valence electrons. The van der Waals surface area contributed by atoms with Crippen molar-refractivity contribution in [1.29, 1.82) is 0 Å². The van der Waals surface area contributed by atoms with Gasteiger partial charge in [-0.15, -0.1) is 12.4 Å². The fraction of sp³-hybridized carbons (Fsp3) is 0.370. The lowest BCUT2D eigenvalue weighted by Crippen LogP contribution is -2.57. The van der Waals surface area contributed by atoms with Gasteiger partial charge in [0.25, 0.3) is 0 Å². The molecule has 1 atom stereocenters. The minimum atomic E-state index is -1.11. The van der Waals surface area contributed by atoms with Crippen LogP contribution < -0.4 is 11.1 Å². The van der Waals surface area contributed by atoms with Crippen LogP contribution in [0.2, 0.25) is 0 Å². The fourth-order valence-electron chi connectivity index (χ4n) is 4.88. The summed E-state index contributed by atoms with van der Waals surface area (Å²) in [5.41, 5.74) is 8.06. The van der Waals surface area contributed by atoms with Crippen molar-refractivity contribution in [3.63, 3.8) is 0 Å². The Balaban J connectivity index is 0.00000320. The van der Waals surface area contributed by atoms with Crippen LogP contribution in [0.25, 0.3) is 21.9 Å². The third-order valence-corrected chi connectivity index (χ3v) is 6.94. The van der Waals surface area contributed by atoms with E-state index < -0.39 is 11.6 Å². The molecule has 2 amide bonds. The number of fused-ring (bicyclic) bond motifs is 2. The van der Waals surface area contributed by atoms with Gasteiger partial charge in [-0.1, -0.05) is 23.4 Å². The number of hydrogen-bond donors (Lipinski definition) is 3. The molecule has 1 unspecified atom stereocenters. The average Bonchev–Trinajstić information content (AvgIpc) is 3.46. The zero-order valence-electron chi connectivity index (χ0n) is 20.8. The van der Waals surface area contributed by atoms with Crippen LogP contribution in [0.3, 0.4) is 0 Å². The maximum absolute atomic E-state index is 13.7. The summed E-state index contributed by atoms with van der Waals surface area (Å²) in [5, 5.41) is 8.90. The third-order valence-electron chi connectivity index (χ3n) is 6.94. The second kappa shape index (κ2) is 10.5. The van der Waals surface area contributed by atoms with E-state index >= 15 is 0 Å². The lowest BCUT2D eigenvalue weighted by Gasteiger charge is -2.34. The van der Waals surface area contributed by atoms with E-state index in [1.807, 2.05) is 30.5 Å². The molecular formula is C27H31ClFN5O3. The Hall–Kier alpha value is -3.43. The monoisotopic (exact) mass is 527 g/mol. The molecule has 0 aliphatic carbocycles. The molecule has 3 heterocycles. The summed E-state index contributed by atoms with van der Waals surface area (Å²) in [6.45, 7) is 4.28. The number of para-hydroxylation sites is 1. The number of carbonyl (C=O) groups is 2. The number of hydrogen-bond acceptors (Lipinski definition) is 5. The van der Waals surface area contributed by atoms with Gasteiger partial charge in [0.1, 0.15) is 11.9 Å². The molecule has 10 heteroatoms. The maximum atomic E-state index is 13.7. The summed E-state index contributed by atoms with van der Waals surface area (Å²) >= 11 is 0. The highest BCUT2D eigenvalue weighted by Gasteiger charge is 2.34. The zero-order valence-corrected chi connectivity index (χ0v) is 21.6. The highest BCUT2D eigenvalue weighted by molar-refractivity contribution is 5.92. The fourth-order valence-corrected chi connectivity index (χ4v) is 4.88. The van der Waals surface area contributed by atoms with E-state index in [1.54, 1.807) is 24.8 Å². The van der Waals surface area contributed by atoms with Gasteiger partial charge in [0.05, 0.1) is 11.2 Å². The highest BCUT2D eigenvalue weighted by Crippen LogP contribution is 2.33. The predicted molar refractivity (Wildman–Crippen MR) is 142 cm³/mol. The van der Waals surface area contributed by atoms with E-state index in [4.69, 9.17) is 10.3 Å². The summed E-state index contributed by atoms with van der Waals surface area (Å²) in [6, 6.07) is 11.6. The number of H-pyrrole nitrogens is 1. The number of rotatable bonds is 6. The Labute approximate surface area is 220 Å². The molecule has 2 aromatic heterocycles. The van der Waals surface area contributed by atoms with Crippen molar-refractivity contribution in [2.75, 3.05) is 13.1 Å². The minimum absolute atomic E-state index is 0. The summed E-state index contributed by atoms with van der Waals surface area (Å²) in [5.74, 6) is -0.778. The Morgan fingerprint density at radius 1 is 1.22 bits per heavy atom. The van der Waals surface area contributed by atoms with Crippen LogP contribution in [-0.4, -0.2) is 51.5 Å². The first-order chi connectivity index (χ1) is 17.2. The first kappa shape index (κ1) is 26.6. The zero-order chi connectivity index (χ0) is 25.4. The largest absolute Gasteiger partial charge is 0.361 e. The quantitative estimate of drug-likeness (QED) is 0.350. The lowest BCUT2D eigenvalue weighted by atomic mass is 9.91. The van der Waals surface area contributed by atoms with Crippen molar-refractivity contribution < 1.29 is 18.5 Å². The number of nitrogens with two attached hydrogens (primary N) is 1. The van der Waals surface area contributed by atoms with Gasteiger partial charge in [0.2, 0.25) is 11.8 Å². The molecule has 2 aromatic carbocycles. The topological polar surface area (TPSA) is 117 Å². The molecule has 0 bridgehead atoms. The second-order valence-corrected chi connectivity index (χ2v) is 10.1. The first-order valence-electron chi connectivity index (χ1n) is 12.2. The highest BCUT2D eigenvalue weighted by atomic mass is 35.5. The van der Waals surface area contributed by atoms with Crippen molar-refractivity contribution in [2.24, 2.45) is 5.73 Å². The number of nitrogens with one attached hydrogen (secondary N) is 2. The molecule has 4 aromatic rings. The van der Waals surface area contributed by atoms with Crippen molar-refractivity contribution in [2.45, 2.75) is 50.6 Å². The number of piperidine rings is 1. The molecule has 5 rings (SSSR count). The molecule has 1 saturated heterocycles. The molecule has 0 spiro atoms. The normalized spacial score (nSPS) is 15.5. The van der Waals surface area contributed by atoms with E-state index in [2.05, 4.69) is 15.5 Å². The van der Waals surface area contributed by atoms with E-state index in [0.717, 1.165) is 27.5 Å². The van der Waals surface area contributed by atoms with Crippen LogP contribution in [0.1, 0.15) is 43.9 Å². The Bertz CT molecular complexity index is 1420. The number of aromatic amines is 1. The van der Waals surface area contributed by atoms with Gasteiger partial charge in [-0.3, -0.25) is 9.59 Å². The van der Waals surface area contributed by atoms with Crippen LogP contribution in [0.15, 0.2) is 53.2 Å². The van der Waals surface area contributed by atoms with Gasteiger partial charge in [0, 0.05) is 54.0 Å². The molecule has 1 aliphatic rings. The summed E-state index contributed by atoms with van der Waals surface area (Å²) in [6.07, 6.45) is 3.63. The van der Waals surface area contributed by atoms with Gasteiger partial charge >= 0.3 is 0 Å². The lowest BCUT2D eigenvalue weighted by molar-refractivity contribution is -0.138. The number of halogens is 2. The SMILES string of the molecule is CC(C)(N)C(=O)NC(Cc1c[nH]c2ccccc12)C(=O)N1CCC(c2noc3cc(F)ccc23)CC1.Cl. The predicted octanol–water partition coefficient (Wildman–Crippen LogP) is 4.04. The second-order valence-electron chi connectivity index (χ2n) is 10.1. The van der Waals surface area contributed by atoms with Crippen molar-refractivity contribution in [1.82, 2.24) is 20.4 Å². The average molecular weight is 528 g/mol. The molecule has 8 nitrogen and oxygen atoms in total. The minimum Gasteiger partial charge on any atom is -0.361 e. The number of carbonyl (C=O) groups excluding carboxylic acids is 2. The molecule has 0 radical (unpaired) electrons. The molecule has 4 N–H and O–H groups in total. The van der Waals surface area contributed by atoms with Crippen molar-refractivity contribution in [3.05, 3.63) is 65.7 Å². The van der Waals surface area contributed by atoms with E-state index in [1.165, 1.54) is 12.1 Å². The third kappa shape index (κ3) is 5.47. The van der Waals surface area contributed by atoms with E-state index in [9.17, 15) is 14.0 Å². The van der Waals surface area contributed by atoms with Gasteiger partial charge in [-0.25, -0.2) is 4.39 Å².